The first-order chi connectivity index (χ1) is 10.3. The molecule has 0 bridgehead atoms. The monoisotopic (exact) mass is 308 g/mol. The maximum Gasteiger partial charge on any atom is 0.218 e. The van der Waals surface area contributed by atoms with Crippen LogP contribution in [0.5, 0.6) is 5.75 Å². The summed E-state index contributed by atoms with van der Waals surface area (Å²) >= 11 is 0. The molecule has 0 spiro atoms. The lowest BCUT2D eigenvalue weighted by molar-refractivity contribution is -0.118. The van der Waals surface area contributed by atoms with E-state index in [9.17, 15) is 9.59 Å². The molecule has 8 N–H and O–H groups in total. The van der Waals surface area contributed by atoms with Gasteiger partial charge in [-0.25, -0.2) is 0 Å². The number of hydrogen-bond acceptors (Lipinski definition) is 5. The van der Waals surface area contributed by atoms with Gasteiger partial charge in [0.25, 0.3) is 0 Å². The number of carbonyl (C=O) groups excluding carboxylic acids is 2. The van der Waals surface area contributed by atoms with Crippen molar-refractivity contribution in [3.8, 4) is 5.75 Å². The molecule has 2 atom stereocenters. The molecular formula is C15H24N4O3. The number of primary amides is 2. The summed E-state index contributed by atoms with van der Waals surface area (Å²) in [5.41, 5.74) is 23.3. The summed E-state index contributed by atoms with van der Waals surface area (Å²) in [6.07, 6.45) is -0.0469. The van der Waals surface area contributed by atoms with E-state index < -0.39 is 29.8 Å². The zero-order chi connectivity index (χ0) is 16.7. The van der Waals surface area contributed by atoms with Crippen molar-refractivity contribution in [3.63, 3.8) is 0 Å². The number of ether oxygens (including phenoxy) is 1. The van der Waals surface area contributed by atoms with E-state index in [1.54, 1.807) is 12.1 Å². The highest BCUT2D eigenvalue weighted by Crippen LogP contribution is 2.27. The van der Waals surface area contributed by atoms with Crippen LogP contribution in [0.25, 0.3) is 0 Å². The molecule has 122 valence electrons. The highest BCUT2D eigenvalue weighted by molar-refractivity contribution is 5.75. The first-order valence-electron chi connectivity index (χ1n) is 7.15. The Hall–Kier alpha value is -2.12. The molecule has 0 heterocycles. The Kier molecular flexibility index (Phi) is 6.81. The van der Waals surface area contributed by atoms with Crippen LogP contribution in [0.1, 0.15) is 31.2 Å². The molecule has 1 aromatic carbocycles. The summed E-state index contributed by atoms with van der Waals surface area (Å²) in [5.74, 6) is -0.725. The summed E-state index contributed by atoms with van der Waals surface area (Å²) in [4.78, 5) is 22.2. The largest absolute Gasteiger partial charge is 0.494 e. The van der Waals surface area contributed by atoms with E-state index in [0.717, 1.165) is 11.3 Å². The van der Waals surface area contributed by atoms with Gasteiger partial charge in [-0.3, -0.25) is 9.59 Å². The highest BCUT2D eigenvalue weighted by atomic mass is 16.5. The number of benzene rings is 1. The smallest absolute Gasteiger partial charge is 0.218 e. The molecule has 0 fully saturated rings. The second kappa shape index (κ2) is 8.35. The number of amides is 2. The van der Waals surface area contributed by atoms with Crippen LogP contribution < -0.4 is 27.7 Å². The molecule has 7 nitrogen and oxygen atoms in total. The van der Waals surface area contributed by atoms with Gasteiger partial charge in [0.15, 0.2) is 0 Å². The molecule has 0 saturated carbocycles. The predicted octanol–water partition coefficient (Wildman–Crippen LogP) is -0.426. The van der Waals surface area contributed by atoms with Crippen LogP contribution in [0.3, 0.4) is 0 Å². The Morgan fingerprint density at radius 2 is 1.45 bits per heavy atom. The summed E-state index contributed by atoms with van der Waals surface area (Å²) in [6, 6.07) is 6.03. The van der Waals surface area contributed by atoms with Crippen LogP contribution in [0.4, 0.5) is 0 Å². The average Bonchev–Trinajstić information content (AvgIpc) is 2.39. The van der Waals surface area contributed by atoms with E-state index in [0.29, 0.717) is 6.61 Å². The van der Waals surface area contributed by atoms with E-state index in [2.05, 4.69) is 0 Å². The third kappa shape index (κ3) is 5.34. The summed E-state index contributed by atoms with van der Waals surface area (Å²) in [6.45, 7) is 2.45. The van der Waals surface area contributed by atoms with Gasteiger partial charge in [-0.1, -0.05) is 12.1 Å². The molecule has 0 aliphatic heterocycles. The first kappa shape index (κ1) is 17.9. The predicted molar refractivity (Wildman–Crippen MR) is 83.9 cm³/mol. The number of carbonyl (C=O) groups is 2. The van der Waals surface area contributed by atoms with E-state index in [1.807, 2.05) is 19.1 Å². The number of nitrogens with two attached hydrogens (primary N) is 4. The normalized spacial score (nSPS) is 14.9. The Morgan fingerprint density at radius 1 is 1.00 bits per heavy atom. The van der Waals surface area contributed by atoms with Crippen molar-refractivity contribution in [1.29, 1.82) is 0 Å². The van der Waals surface area contributed by atoms with E-state index in [1.165, 1.54) is 0 Å². The fraction of sp³-hybridized carbons (Fsp3) is 0.467. The summed E-state index contributed by atoms with van der Waals surface area (Å²) < 4.78 is 5.38. The highest BCUT2D eigenvalue weighted by Gasteiger charge is 2.28. The third-order valence-corrected chi connectivity index (χ3v) is 3.37. The number of hydrogen-bond donors (Lipinski definition) is 4. The number of rotatable bonds is 9. The minimum Gasteiger partial charge on any atom is -0.494 e. The molecule has 7 heteroatoms. The van der Waals surface area contributed by atoms with Gasteiger partial charge < -0.3 is 27.7 Å². The zero-order valence-electron chi connectivity index (χ0n) is 12.7. The second-order valence-electron chi connectivity index (χ2n) is 5.20. The Bertz CT molecular complexity index is 482. The zero-order valence-corrected chi connectivity index (χ0v) is 12.7. The average molecular weight is 308 g/mol. The third-order valence-electron chi connectivity index (χ3n) is 3.37. The molecule has 0 radical (unpaired) electrons. The van der Waals surface area contributed by atoms with Gasteiger partial charge in [-0.2, -0.15) is 0 Å². The molecule has 0 aliphatic rings. The Morgan fingerprint density at radius 3 is 1.82 bits per heavy atom. The van der Waals surface area contributed by atoms with Gasteiger partial charge in [-0.05, 0) is 24.6 Å². The lowest BCUT2D eigenvalue weighted by Gasteiger charge is -2.28. The van der Waals surface area contributed by atoms with Crippen molar-refractivity contribution in [1.82, 2.24) is 0 Å². The van der Waals surface area contributed by atoms with Crippen molar-refractivity contribution < 1.29 is 14.3 Å². The van der Waals surface area contributed by atoms with Crippen LogP contribution >= 0.6 is 0 Å². The van der Waals surface area contributed by atoms with Gasteiger partial charge in [0.05, 0.1) is 6.61 Å². The van der Waals surface area contributed by atoms with Crippen LogP contribution in [-0.4, -0.2) is 30.5 Å². The fourth-order valence-electron chi connectivity index (χ4n) is 2.48. The van der Waals surface area contributed by atoms with Gasteiger partial charge in [0, 0.05) is 30.8 Å². The Labute approximate surface area is 130 Å². The summed E-state index contributed by atoms with van der Waals surface area (Å²) in [7, 11) is 0. The standard InChI is InChI=1S/C15H24N4O3/c1-2-22-10-5-3-9(4-6-10)15(11(16)7-13(18)20)12(17)8-14(19)21/h3-6,11-12,15H,2,7-8,16-17H2,1H3,(H2,18,20)(H2,19,21). The van der Waals surface area contributed by atoms with Crippen LogP contribution in [-0.2, 0) is 9.59 Å². The molecule has 22 heavy (non-hydrogen) atoms. The van der Waals surface area contributed by atoms with Gasteiger partial charge in [0.1, 0.15) is 5.75 Å². The molecule has 2 amide bonds. The molecular weight excluding hydrogens is 284 g/mol. The van der Waals surface area contributed by atoms with Gasteiger partial charge in [0.2, 0.25) is 11.8 Å². The Balaban J connectivity index is 3.01. The second-order valence-corrected chi connectivity index (χ2v) is 5.20. The fourth-order valence-corrected chi connectivity index (χ4v) is 2.48. The van der Waals surface area contributed by atoms with E-state index in [-0.39, 0.29) is 12.8 Å². The van der Waals surface area contributed by atoms with Crippen LogP contribution in [0.2, 0.25) is 0 Å². The lowest BCUT2D eigenvalue weighted by atomic mass is 9.82. The van der Waals surface area contributed by atoms with Crippen molar-refractivity contribution in [3.05, 3.63) is 29.8 Å². The minimum absolute atomic E-state index is 0.0235. The molecule has 2 unspecified atom stereocenters. The molecule has 0 aliphatic carbocycles. The van der Waals surface area contributed by atoms with Gasteiger partial charge in [-0.15, -0.1) is 0 Å². The molecule has 0 aromatic heterocycles. The van der Waals surface area contributed by atoms with E-state index in [4.69, 9.17) is 27.7 Å². The van der Waals surface area contributed by atoms with Crippen LogP contribution in [0.15, 0.2) is 24.3 Å². The quantitative estimate of drug-likeness (QED) is 0.489. The van der Waals surface area contributed by atoms with Gasteiger partial charge >= 0.3 is 0 Å². The summed E-state index contributed by atoms with van der Waals surface area (Å²) in [5, 5.41) is 0. The first-order valence-corrected chi connectivity index (χ1v) is 7.15. The molecule has 1 rings (SSSR count). The maximum atomic E-state index is 11.1. The molecule has 1 aromatic rings. The topological polar surface area (TPSA) is 147 Å². The maximum absolute atomic E-state index is 11.1. The lowest BCUT2D eigenvalue weighted by Crippen LogP contribution is -2.44. The van der Waals surface area contributed by atoms with Crippen molar-refractivity contribution >= 4 is 11.8 Å². The van der Waals surface area contributed by atoms with Crippen molar-refractivity contribution in [2.45, 2.75) is 37.8 Å². The molecule has 0 saturated heterocycles. The SMILES string of the molecule is CCOc1ccc(C(C(N)CC(N)=O)C(N)CC(N)=O)cc1. The van der Waals surface area contributed by atoms with Crippen LogP contribution in [0, 0.1) is 0 Å². The van der Waals surface area contributed by atoms with Crippen molar-refractivity contribution in [2.75, 3.05) is 6.61 Å². The van der Waals surface area contributed by atoms with E-state index >= 15 is 0 Å². The van der Waals surface area contributed by atoms with Crippen molar-refractivity contribution in [2.24, 2.45) is 22.9 Å². The minimum atomic E-state index is -0.593.